The highest BCUT2D eigenvalue weighted by Gasteiger charge is 2.51. The van der Waals surface area contributed by atoms with E-state index in [1.54, 1.807) is 0 Å². The Bertz CT molecular complexity index is 925. The number of rotatable bonds is 6. The highest BCUT2D eigenvalue weighted by atomic mass is 16.5. The van der Waals surface area contributed by atoms with Crippen LogP contribution >= 0.6 is 0 Å². The zero-order valence-corrected chi connectivity index (χ0v) is 15.1. The number of carbonyl (C=O) groups excluding carboxylic acids is 1. The first-order chi connectivity index (χ1) is 12.6. The Morgan fingerprint density at radius 1 is 1.19 bits per heavy atom. The monoisotopic (exact) mass is 349 g/mol. The Hall–Kier alpha value is -2.75. The van der Waals surface area contributed by atoms with Crippen LogP contribution in [-0.4, -0.2) is 12.5 Å². The van der Waals surface area contributed by atoms with E-state index < -0.39 is 0 Å². The van der Waals surface area contributed by atoms with Crippen LogP contribution in [0.5, 0.6) is 5.75 Å². The van der Waals surface area contributed by atoms with Gasteiger partial charge >= 0.3 is 0 Å². The summed E-state index contributed by atoms with van der Waals surface area (Å²) in [6, 6.07) is 17.6. The molecule has 1 unspecified atom stereocenters. The van der Waals surface area contributed by atoms with Gasteiger partial charge in [0.1, 0.15) is 5.76 Å². The lowest BCUT2D eigenvalue weighted by Gasteiger charge is -2.19. The summed E-state index contributed by atoms with van der Waals surface area (Å²) in [6.07, 6.45) is 1.79. The third-order valence-corrected chi connectivity index (χ3v) is 5.11. The second-order valence-corrected chi connectivity index (χ2v) is 6.90. The molecule has 1 aromatic heterocycles. The molecule has 26 heavy (non-hydrogen) atoms. The summed E-state index contributed by atoms with van der Waals surface area (Å²) in [5.74, 6) is 1.55. The first-order valence-corrected chi connectivity index (χ1v) is 9.16. The van der Waals surface area contributed by atoms with E-state index in [0.717, 1.165) is 40.9 Å². The quantitative estimate of drug-likeness (QED) is 0.699. The smallest absolute Gasteiger partial charge is 0.231 e. The lowest BCUT2D eigenvalue weighted by Crippen LogP contribution is -2.36. The second kappa shape index (κ2) is 6.52. The van der Waals surface area contributed by atoms with E-state index in [0.29, 0.717) is 6.61 Å². The van der Waals surface area contributed by atoms with E-state index in [2.05, 4.69) is 5.32 Å². The van der Waals surface area contributed by atoms with Crippen LogP contribution in [0.1, 0.15) is 44.1 Å². The maximum atomic E-state index is 12.9. The number of benzene rings is 2. The van der Waals surface area contributed by atoms with Crippen LogP contribution in [0.3, 0.4) is 0 Å². The number of amides is 1. The maximum absolute atomic E-state index is 12.9. The highest BCUT2D eigenvalue weighted by Crippen LogP contribution is 2.48. The van der Waals surface area contributed by atoms with Gasteiger partial charge in [-0.2, -0.15) is 0 Å². The molecule has 134 valence electrons. The van der Waals surface area contributed by atoms with Gasteiger partial charge in [-0.1, -0.05) is 42.5 Å². The molecule has 0 saturated heterocycles. The minimum atomic E-state index is -0.377. The van der Waals surface area contributed by atoms with Gasteiger partial charge in [-0.15, -0.1) is 0 Å². The minimum absolute atomic E-state index is 0.0710. The van der Waals surface area contributed by atoms with E-state index in [4.69, 9.17) is 9.15 Å². The van der Waals surface area contributed by atoms with Crippen molar-refractivity contribution in [2.24, 2.45) is 0 Å². The van der Waals surface area contributed by atoms with Gasteiger partial charge in [0, 0.05) is 5.39 Å². The predicted octanol–water partition coefficient (Wildman–Crippen LogP) is 4.74. The van der Waals surface area contributed by atoms with E-state index in [9.17, 15) is 4.79 Å². The average molecular weight is 349 g/mol. The number of ether oxygens (including phenoxy) is 1. The summed E-state index contributed by atoms with van der Waals surface area (Å²) in [5, 5.41) is 4.12. The fourth-order valence-electron chi connectivity index (χ4n) is 3.47. The fraction of sp³-hybridized carbons (Fsp3) is 0.318. The zero-order chi connectivity index (χ0) is 18.1. The minimum Gasteiger partial charge on any atom is -0.490 e. The first-order valence-electron chi connectivity index (χ1n) is 9.16. The zero-order valence-electron chi connectivity index (χ0n) is 15.1. The summed E-state index contributed by atoms with van der Waals surface area (Å²) in [7, 11) is 0. The van der Waals surface area contributed by atoms with Crippen LogP contribution in [0.25, 0.3) is 11.0 Å². The summed E-state index contributed by atoms with van der Waals surface area (Å²) in [6.45, 7) is 4.49. The second-order valence-electron chi connectivity index (χ2n) is 6.90. The molecular weight excluding hydrogens is 326 g/mol. The maximum Gasteiger partial charge on any atom is 0.231 e. The Kier molecular flexibility index (Phi) is 4.19. The molecule has 4 nitrogen and oxygen atoms in total. The van der Waals surface area contributed by atoms with Gasteiger partial charge in [0.15, 0.2) is 11.3 Å². The molecule has 3 aromatic rings. The molecule has 1 heterocycles. The van der Waals surface area contributed by atoms with Crippen molar-refractivity contribution < 1.29 is 13.9 Å². The molecule has 4 rings (SSSR count). The van der Waals surface area contributed by atoms with Crippen molar-refractivity contribution in [3.8, 4) is 5.75 Å². The van der Waals surface area contributed by atoms with Crippen LogP contribution in [0.2, 0.25) is 0 Å². The standard InChI is InChI=1S/C22H23NO3/c1-3-25-18-11-7-8-16-14-19(26-20(16)18)15(2)23-21(24)22(12-13-22)17-9-5-4-6-10-17/h4-11,14-15H,3,12-13H2,1-2H3,(H,23,24). The molecule has 1 N–H and O–H groups in total. The molecule has 1 fully saturated rings. The Labute approximate surface area is 153 Å². The molecule has 1 saturated carbocycles. The van der Waals surface area contributed by atoms with Gasteiger partial charge in [0.2, 0.25) is 5.91 Å². The van der Waals surface area contributed by atoms with Crippen LogP contribution in [0, 0.1) is 0 Å². The van der Waals surface area contributed by atoms with Gasteiger partial charge in [-0.25, -0.2) is 0 Å². The Morgan fingerprint density at radius 2 is 1.96 bits per heavy atom. The van der Waals surface area contributed by atoms with Crippen molar-refractivity contribution in [1.29, 1.82) is 0 Å². The summed E-state index contributed by atoms with van der Waals surface area (Å²) < 4.78 is 11.6. The van der Waals surface area contributed by atoms with Gasteiger partial charge < -0.3 is 14.5 Å². The molecule has 0 radical (unpaired) electrons. The lowest BCUT2D eigenvalue weighted by atomic mass is 9.94. The van der Waals surface area contributed by atoms with Gasteiger partial charge in [-0.3, -0.25) is 4.79 Å². The third-order valence-electron chi connectivity index (χ3n) is 5.11. The summed E-state index contributed by atoms with van der Waals surface area (Å²) in [4.78, 5) is 12.9. The van der Waals surface area contributed by atoms with Gasteiger partial charge in [0.05, 0.1) is 18.1 Å². The molecule has 4 heteroatoms. The van der Waals surface area contributed by atoms with Gasteiger partial charge in [-0.05, 0) is 44.4 Å². The molecule has 1 amide bonds. The number of para-hydroxylation sites is 1. The number of hydrogen-bond acceptors (Lipinski definition) is 3. The normalized spacial score (nSPS) is 16.2. The molecule has 0 bridgehead atoms. The average Bonchev–Trinajstić information content (AvgIpc) is 3.35. The van der Waals surface area contributed by atoms with Crippen molar-refractivity contribution in [3.63, 3.8) is 0 Å². The molecule has 2 aromatic carbocycles. The number of fused-ring (bicyclic) bond motifs is 1. The van der Waals surface area contributed by atoms with E-state index in [1.165, 1.54) is 0 Å². The van der Waals surface area contributed by atoms with E-state index >= 15 is 0 Å². The molecule has 1 aliphatic carbocycles. The van der Waals surface area contributed by atoms with Crippen LogP contribution < -0.4 is 10.1 Å². The van der Waals surface area contributed by atoms with Crippen molar-refractivity contribution in [3.05, 3.63) is 65.9 Å². The number of hydrogen-bond donors (Lipinski definition) is 1. The van der Waals surface area contributed by atoms with Gasteiger partial charge in [0.25, 0.3) is 0 Å². The predicted molar refractivity (Wildman–Crippen MR) is 101 cm³/mol. The first kappa shape index (κ1) is 16.7. The molecule has 0 aliphatic heterocycles. The fourth-order valence-corrected chi connectivity index (χ4v) is 3.47. The van der Waals surface area contributed by atoms with E-state index in [1.807, 2.05) is 68.4 Å². The Morgan fingerprint density at radius 3 is 2.65 bits per heavy atom. The number of carbonyl (C=O) groups is 1. The van der Waals surface area contributed by atoms with Crippen LogP contribution in [0.15, 0.2) is 59.0 Å². The summed E-state index contributed by atoms with van der Waals surface area (Å²) in [5.41, 5.74) is 1.44. The Balaban J connectivity index is 1.55. The van der Waals surface area contributed by atoms with Crippen molar-refractivity contribution in [1.82, 2.24) is 5.32 Å². The van der Waals surface area contributed by atoms with Crippen LogP contribution in [-0.2, 0) is 10.2 Å². The van der Waals surface area contributed by atoms with Crippen molar-refractivity contribution in [2.75, 3.05) is 6.61 Å². The summed E-state index contributed by atoms with van der Waals surface area (Å²) >= 11 is 0. The highest BCUT2D eigenvalue weighted by molar-refractivity contribution is 5.91. The SMILES string of the molecule is CCOc1cccc2cc(C(C)NC(=O)C3(c4ccccc4)CC3)oc12. The van der Waals surface area contributed by atoms with Crippen molar-refractivity contribution in [2.45, 2.75) is 38.1 Å². The molecule has 1 atom stereocenters. The molecule has 0 spiro atoms. The largest absolute Gasteiger partial charge is 0.490 e. The topological polar surface area (TPSA) is 51.5 Å². The number of nitrogens with one attached hydrogen (secondary N) is 1. The molecule has 1 aliphatic rings. The number of furan rings is 1. The van der Waals surface area contributed by atoms with Crippen LogP contribution in [0.4, 0.5) is 0 Å². The van der Waals surface area contributed by atoms with E-state index in [-0.39, 0.29) is 17.4 Å². The molecular formula is C22H23NO3. The van der Waals surface area contributed by atoms with Crippen molar-refractivity contribution >= 4 is 16.9 Å². The third kappa shape index (κ3) is 2.85. The lowest BCUT2D eigenvalue weighted by molar-refractivity contribution is -0.124.